The summed E-state index contributed by atoms with van der Waals surface area (Å²) in [7, 11) is -3.92. The summed E-state index contributed by atoms with van der Waals surface area (Å²) in [5.74, 6) is 0. The van der Waals surface area contributed by atoms with E-state index in [0.717, 1.165) is 0 Å². The summed E-state index contributed by atoms with van der Waals surface area (Å²) in [6.45, 7) is 3.33. The Morgan fingerprint density at radius 3 is 2.09 bits per heavy atom. The molecule has 0 saturated carbocycles. The molecule has 0 rings (SSSR count). The number of rotatable bonds is 5. The van der Waals surface area contributed by atoms with Gasteiger partial charge in [-0.1, -0.05) is 4.33 Å². The molecule has 0 aromatic heterocycles. The van der Waals surface area contributed by atoms with Crippen LogP contribution >= 0.6 is 0 Å². The van der Waals surface area contributed by atoms with Gasteiger partial charge in [-0.2, -0.15) is 8.42 Å². The molecular formula is C4H11NaO5S. The second-order valence-corrected chi connectivity index (χ2v) is 2.48. The Kier molecular flexibility index (Phi) is 9.76. The first-order valence-corrected chi connectivity index (χ1v) is 4.16. The summed E-state index contributed by atoms with van der Waals surface area (Å²) < 4.78 is 28.9. The molecule has 0 spiro atoms. The van der Waals surface area contributed by atoms with Crippen molar-refractivity contribution in [1.82, 2.24) is 0 Å². The Morgan fingerprint density at radius 1 is 1.18 bits per heavy atom. The molecule has 0 bridgehead atoms. The molecule has 0 radical (unpaired) electrons. The van der Waals surface area contributed by atoms with Gasteiger partial charge in [0.05, 0.1) is 13.2 Å². The summed E-state index contributed by atoms with van der Waals surface area (Å²) in [6, 6.07) is 0. The van der Waals surface area contributed by atoms with E-state index < -0.39 is 10.4 Å². The normalized spacial score (nSPS) is 10.7. The molecular weight excluding hydrogens is 183 g/mol. The van der Waals surface area contributed by atoms with Crippen molar-refractivity contribution < 1.29 is 21.8 Å². The fraction of sp³-hybridized carbons (Fsp3) is 1.00. The van der Waals surface area contributed by atoms with E-state index in [0.29, 0.717) is 0 Å². The summed E-state index contributed by atoms with van der Waals surface area (Å²) >= 11 is 0. The van der Waals surface area contributed by atoms with Gasteiger partial charge >= 0.3 is 40.0 Å². The van der Waals surface area contributed by atoms with Crippen molar-refractivity contribution in [2.24, 2.45) is 0 Å². The van der Waals surface area contributed by atoms with Crippen LogP contribution < -0.4 is 0 Å². The van der Waals surface area contributed by atoms with Crippen molar-refractivity contribution in [2.45, 2.75) is 13.8 Å². The Morgan fingerprint density at radius 2 is 1.73 bits per heavy atom. The van der Waals surface area contributed by atoms with Crippen LogP contribution in [0.3, 0.4) is 0 Å². The third-order valence-electron chi connectivity index (χ3n) is 0.511. The minimum absolute atomic E-state index is 0. The molecule has 0 heterocycles. The average Bonchev–Trinajstić information content (AvgIpc) is 1.84. The fourth-order valence-corrected chi connectivity index (χ4v) is 0.813. The second-order valence-electron chi connectivity index (χ2n) is 1.29. The van der Waals surface area contributed by atoms with E-state index in [9.17, 15) is 8.42 Å². The first-order valence-electron chi connectivity index (χ1n) is 2.82. The van der Waals surface area contributed by atoms with Crippen molar-refractivity contribution in [3.05, 3.63) is 0 Å². The van der Waals surface area contributed by atoms with E-state index in [1.807, 2.05) is 0 Å². The van der Waals surface area contributed by atoms with Gasteiger partial charge in [-0.05, 0) is 13.8 Å². The van der Waals surface area contributed by atoms with E-state index in [1.54, 1.807) is 6.92 Å². The molecule has 64 valence electrons. The maximum absolute atomic E-state index is 10.4. The molecule has 0 saturated heterocycles. The van der Waals surface area contributed by atoms with Gasteiger partial charge in [-0.25, -0.2) is 9.07 Å². The van der Waals surface area contributed by atoms with Crippen LogP contribution in [0.15, 0.2) is 0 Å². The maximum atomic E-state index is 10.4. The van der Waals surface area contributed by atoms with Crippen molar-refractivity contribution in [2.75, 3.05) is 13.2 Å². The summed E-state index contributed by atoms with van der Waals surface area (Å²) in [5.41, 5.74) is 0. The molecule has 0 aliphatic rings. The van der Waals surface area contributed by atoms with Gasteiger partial charge in [0.1, 0.15) is 0 Å². The number of hydrogen-bond donors (Lipinski definition) is 0. The van der Waals surface area contributed by atoms with Gasteiger partial charge in [0, 0.05) is 0 Å². The Balaban J connectivity index is 0. The minimum atomic E-state index is -3.92. The van der Waals surface area contributed by atoms with Gasteiger partial charge < -0.3 is 0 Å². The quantitative estimate of drug-likeness (QED) is 0.338. The Labute approximate surface area is 88.6 Å². The Bertz CT molecular complexity index is 165. The van der Waals surface area contributed by atoms with Crippen LogP contribution in [0.4, 0.5) is 0 Å². The van der Waals surface area contributed by atoms with Gasteiger partial charge in [-0.3, -0.25) is 0 Å². The molecule has 0 aromatic rings. The van der Waals surface area contributed by atoms with Crippen molar-refractivity contribution >= 4 is 40.0 Å². The summed E-state index contributed by atoms with van der Waals surface area (Å²) in [4.78, 5) is 4.14. The van der Waals surface area contributed by atoms with Gasteiger partial charge in [0.15, 0.2) is 0 Å². The van der Waals surface area contributed by atoms with Crippen LogP contribution in [0, 0.1) is 0 Å². The molecule has 0 unspecified atom stereocenters. The summed E-state index contributed by atoms with van der Waals surface area (Å²) in [5, 5.41) is 0. The van der Waals surface area contributed by atoms with Crippen LogP contribution in [0.1, 0.15) is 13.8 Å². The van der Waals surface area contributed by atoms with E-state index in [-0.39, 0.29) is 42.8 Å². The predicted octanol–water partition coefficient (Wildman–Crippen LogP) is -0.413. The van der Waals surface area contributed by atoms with Gasteiger partial charge in [0.2, 0.25) is 0 Å². The van der Waals surface area contributed by atoms with Crippen LogP contribution in [0.2, 0.25) is 0 Å². The Hall–Kier alpha value is 0.830. The molecule has 0 aliphatic carbocycles. The van der Waals surface area contributed by atoms with Crippen LogP contribution in [0.25, 0.3) is 0 Å². The zero-order valence-corrected chi connectivity index (χ0v) is 6.68. The van der Waals surface area contributed by atoms with Gasteiger partial charge in [-0.15, -0.1) is 0 Å². The first kappa shape index (κ1) is 14.4. The van der Waals surface area contributed by atoms with Crippen LogP contribution in [0.5, 0.6) is 0 Å². The molecule has 7 heteroatoms. The molecule has 0 atom stereocenters. The van der Waals surface area contributed by atoms with Crippen LogP contribution in [-0.4, -0.2) is 51.2 Å². The molecule has 0 N–H and O–H groups in total. The monoisotopic (exact) mass is 194 g/mol. The molecule has 0 aromatic carbocycles. The molecule has 5 nitrogen and oxygen atoms in total. The van der Waals surface area contributed by atoms with Crippen molar-refractivity contribution in [3.63, 3.8) is 0 Å². The topological polar surface area (TPSA) is 61.8 Å². The van der Waals surface area contributed by atoms with Crippen molar-refractivity contribution in [1.29, 1.82) is 0 Å². The van der Waals surface area contributed by atoms with E-state index in [1.165, 1.54) is 6.92 Å². The molecule has 0 amide bonds. The first-order chi connectivity index (χ1) is 4.62. The van der Waals surface area contributed by atoms with E-state index in [2.05, 4.69) is 13.4 Å². The summed E-state index contributed by atoms with van der Waals surface area (Å²) in [6.07, 6.45) is 0. The van der Waals surface area contributed by atoms with Gasteiger partial charge in [0.25, 0.3) is 0 Å². The SMILES string of the molecule is CCOOS(=O)(=O)OCC.[NaH]. The van der Waals surface area contributed by atoms with E-state index >= 15 is 0 Å². The molecule has 11 heavy (non-hydrogen) atoms. The standard InChI is InChI=1S/C4H10O5S.Na.H/c1-3-7-9-10(5,6)8-4-2;;/h3-4H2,1-2H3;;. The molecule has 0 aliphatic heterocycles. The molecule has 0 fully saturated rings. The van der Waals surface area contributed by atoms with Crippen molar-refractivity contribution in [3.8, 4) is 0 Å². The number of hydrogen-bond acceptors (Lipinski definition) is 5. The third-order valence-corrected chi connectivity index (χ3v) is 1.30. The average molecular weight is 194 g/mol. The second kappa shape index (κ2) is 7.48. The predicted molar refractivity (Wildman–Crippen MR) is 40.4 cm³/mol. The third kappa shape index (κ3) is 8.74. The fourth-order valence-electron chi connectivity index (χ4n) is 0.271. The van der Waals surface area contributed by atoms with E-state index in [4.69, 9.17) is 0 Å². The zero-order valence-electron chi connectivity index (χ0n) is 5.86. The van der Waals surface area contributed by atoms with Crippen LogP contribution in [-0.2, 0) is 23.8 Å². The zero-order chi connectivity index (χ0) is 8.04.